The fraction of sp³-hybridized carbons (Fsp3) is 0.222. The Hall–Kier alpha value is -2.82. The summed E-state index contributed by atoms with van der Waals surface area (Å²) in [6, 6.07) is 15.8. The van der Waals surface area contributed by atoms with Crippen LogP contribution < -0.4 is 16.0 Å². The van der Waals surface area contributed by atoms with Crippen LogP contribution in [0.5, 0.6) is 0 Å². The number of nitrogens with two attached hydrogens (primary N) is 1. The normalized spacial score (nSPS) is 10.9. The van der Waals surface area contributed by atoms with Crippen molar-refractivity contribution in [1.82, 2.24) is 5.32 Å². The number of hydrogen-bond acceptors (Lipinski definition) is 3. The van der Waals surface area contributed by atoms with Gasteiger partial charge in [0.25, 0.3) is 0 Å². The Labute approximate surface area is 136 Å². The second kappa shape index (κ2) is 6.52. The average molecular weight is 311 g/mol. The fourth-order valence-electron chi connectivity index (χ4n) is 2.08. The lowest BCUT2D eigenvalue weighted by atomic mass is 10.1. The van der Waals surface area contributed by atoms with Crippen LogP contribution in [0.25, 0.3) is 0 Å². The number of para-hydroxylation sites is 1. The molecular weight excluding hydrogens is 290 g/mol. The number of nitrogens with one attached hydrogen (secondary N) is 1. The molecule has 0 bridgehead atoms. The van der Waals surface area contributed by atoms with Crippen LogP contribution in [-0.2, 0) is 9.59 Å². The molecule has 0 atom stereocenters. The van der Waals surface area contributed by atoms with Crippen molar-refractivity contribution < 1.29 is 9.59 Å². The minimum atomic E-state index is -0.654. The summed E-state index contributed by atoms with van der Waals surface area (Å²) in [7, 11) is 0. The molecule has 2 aromatic carbocycles. The largest absolute Gasteiger partial charge is 0.399 e. The smallest absolute Gasteiger partial charge is 0.320 e. The number of nitrogens with zero attached hydrogens (tertiary/aromatic N) is 1. The second-order valence-corrected chi connectivity index (χ2v) is 6.27. The van der Waals surface area contributed by atoms with Gasteiger partial charge in [0.2, 0.25) is 0 Å². The first-order valence-corrected chi connectivity index (χ1v) is 7.35. The molecule has 0 unspecified atom stereocenters. The van der Waals surface area contributed by atoms with Gasteiger partial charge in [0.15, 0.2) is 0 Å². The van der Waals surface area contributed by atoms with E-state index in [1.165, 1.54) is 4.90 Å². The van der Waals surface area contributed by atoms with Crippen molar-refractivity contribution in [1.29, 1.82) is 0 Å². The predicted molar refractivity (Wildman–Crippen MR) is 92.3 cm³/mol. The highest BCUT2D eigenvalue weighted by molar-refractivity contribution is 6.42. The SMILES string of the molecule is CC(C)(C)NC(=O)C(=O)N(c1ccccc1)c1ccc(N)cc1. The molecule has 3 N–H and O–H groups in total. The summed E-state index contributed by atoms with van der Waals surface area (Å²) in [5.41, 5.74) is 7.00. The van der Waals surface area contributed by atoms with Crippen molar-refractivity contribution in [3.8, 4) is 0 Å². The van der Waals surface area contributed by atoms with Gasteiger partial charge < -0.3 is 11.1 Å². The number of carbonyl (C=O) groups excluding carboxylic acids is 2. The van der Waals surface area contributed by atoms with Crippen LogP contribution in [0.3, 0.4) is 0 Å². The van der Waals surface area contributed by atoms with E-state index < -0.39 is 17.4 Å². The summed E-state index contributed by atoms with van der Waals surface area (Å²) in [4.78, 5) is 26.4. The summed E-state index contributed by atoms with van der Waals surface area (Å²) in [5.74, 6) is -1.30. The molecule has 5 heteroatoms. The van der Waals surface area contributed by atoms with Gasteiger partial charge in [-0.3, -0.25) is 14.5 Å². The van der Waals surface area contributed by atoms with E-state index >= 15 is 0 Å². The maximum Gasteiger partial charge on any atom is 0.320 e. The van der Waals surface area contributed by atoms with Gasteiger partial charge in [-0.25, -0.2) is 0 Å². The molecule has 2 rings (SSSR count). The van der Waals surface area contributed by atoms with E-state index in [0.717, 1.165) is 0 Å². The molecule has 0 heterocycles. The molecule has 2 aromatic rings. The molecule has 0 spiro atoms. The molecule has 23 heavy (non-hydrogen) atoms. The monoisotopic (exact) mass is 311 g/mol. The van der Waals surface area contributed by atoms with Crippen LogP contribution in [0, 0.1) is 0 Å². The van der Waals surface area contributed by atoms with Gasteiger partial charge in [-0.15, -0.1) is 0 Å². The molecule has 2 amide bonds. The number of nitrogen functional groups attached to an aromatic ring is 1. The maximum absolute atomic E-state index is 12.7. The topological polar surface area (TPSA) is 75.4 Å². The van der Waals surface area contributed by atoms with E-state index in [2.05, 4.69) is 5.32 Å². The van der Waals surface area contributed by atoms with Crippen LogP contribution >= 0.6 is 0 Å². The van der Waals surface area contributed by atoms with Crippen LogP contribution in [-0.4, -0.2) is 17.4 Å². The number of benzene rings is 2. The van der Waals surface area contributed by atoms with E-state index in [0.29, 0.717) is 17.1 Å². The zero-order valence-electron chi connectivity index (χ0n) is 13.5. The van der Waals surface area contributed by atoms with Gasteiger partial charge >= 0.3 is 11.8 Å². The first-order chi connectivity index (χ1) is 10.8. The van der Waals surface area contributed by atoms with Gasteiger partial charge in [-0.2, -0.15) is 0 Å². The van der Waals surface area contributed by atoms with Crippen molar-refractivity contribution in [3.05, 3.63) is 54.6 Å². The first-order valence-electron chi connectivity index (χ1n) is 7.35. The molecular formula is C18H21N3O2. The van der Waals surface area contributed by atoms with E-state index in [-0.39, 0.29) is 0 Å². The standard InChI is InChI=1S/C18H21N3O2/c1-18(2,3)20-16(22)17(23)21(14-7-5-4-6-8-14)15-11-9-13(19)10-12-15/h4-12H,19H2,1-3H3,(H,20,22). The molecule has 0 aliphatic heterocycles. The lowest BCUT2D eigenvalue weighted by molar-refractivity contribution is -0.138. The maximum atomic E-state index is 12.7. The van der Waals surface area contributed by atoms with Crippen molar-refractivity contribution >= 4 is 28.9 Å². The van der Waals surface area contributed by atoms with Crippen molar-refractivity contribution in [2.24, 2.45) is 0 Å². The molecule has 120 valence electrons. The molecule has 0 aliphatic carbocycles. The van der Waals surface area contributed by atoms with Crippen LogP contribution in [0.1, 0.15) is 20.8 Å². The van der Waals surface area contributed by atoms with Gasteiger partial charge in [0, 0.05) is 22.6 Å². The van der Waals surface area contributed by atoms with Gasteiger partial charge in [0.1, 0.15) is 0 Å². The molecule has 0 aromatic heterocycles. The van der Waals surface area contributed by atoms with Crippen molar-refractivity contribution in [3.63, 3.8) is 0 Å². The van der Waals surface area contributed by atoms with Crippen LogP contribution in [0.4, 0.5) is 17.1 Å². The molecule has 0 fully saturated rings. The zero-order chi connectivity index (χ0) is 17.0. The average Bonchev–Trinajstić information content (AvgIpc) is 2.49. The second-order valence-electron chi connectivity index (χ2n) is 6.27. The molecule has 5 nitrogen and oxygen atoms in total. The third-order valence-corrected chi connectivity index (χ3v) is 3.05. The number of carbonyl (C=O) groups is 2. The number of anilines is 3. The Bertz CT molecular complexity index is 688. The van der Waals surface area contributed by atoms with Crippen molar-refractivity contribution in [2.45, 2.75) is 26.3 Å². The molecule has 0 radical (unpaired) electrons. The van der Waals surface area contributed by atoms with Gasteiger partial charge in [0.05, 0.1) is 0 Å². The molecule has 0 saturated carbocycles. The van der Waals surface area contributed by atoms with Crippen LogP contribution in [0.2, 0.25) is 0 Å². The van der Waals surface area contributed by atoms with E-state index in [1.807, 2.05) is 39.0 Å². The minimum Gasteiger partial charge on any atom is -0.399 e. The lowest BCUT2D eigenvalue weighted by Crippen LogP contribution is -2.48. The predicted octanol–water partition coefficient (Wildman–Crippen LogP) is 2.85. The quantitative estimate of drug-likeness (QED) is 0.661. The minimum absolute atomic E-state index is 0.490. The molecule has 0 saturated heterocycles. The Morgan fingerprint density at radius 1 is 0.913 bits per heavy atom. The third-order valence-electron chi connectivity index (χ3n) is 3.05. The Kier molecular flexibility index (Phi) is 4.69. The lowest BCUT2D eigenvalue weighted by Gasteiger charge is -2.25. The number of rotatable bonds is 2. The van der Waals surface area contributed by atoms with E-state index in [4.69, 9.17) is 5.73 Å². The van der Waals surface area contributed by atoms with Gasteiger partial charge in [-0.05, 0) is 57.2 Å². The molecule has 0 aliphatic rings. The van der Waals surface area contributed by atoms with E-state index in [9.17, 15) is 9.59 Å². The summed E-state index contributed by atoms with van der Waals surface area (Å²) in [6.07, 6.45) is 0. The zero-order valence-corrected chi connectivity index (χ0v) is 13.5. The van der Waals surface area contributed by atoms with Crippen LogP contribution in [0.15, 0.2) is 54.6 Å². The number of amides is 2. The van der Waals surface area contributed by atoms with Gasteiger partial charge in [-0.1, -0.05) is 18.2 Å². The Morgan fingerprint density at radius 3 is 1.96 bits per heavy atom. The van der Waals surface area contributed by atoms with Crippen molar-refractivity contribution in [2.75, 3.05) is 10.6 Å². The first kappa shape index (κ1) is 16.5. The highest BCUT2D eigenvalue weighted by Gasteiger charge is 2.27. The summed E-state index contributed by atoms with van der Waals surface area (Å²) < 4.78 is 0. The Balaban J connectivity index is 2.40. The summed E-state index contributed by atoms with van der Waals surface area (Å²) in [6.45, 7) is 5.48. The summed E-state index contributed by atoms with van der Waals surface area (Å²) >= 11 is 0. The number of hydrogen-bond donors (Lipinski definition) is 2. The van der Waals surface area contributed by atoms with E-state index in [1.54, 1.807) is 36.4 Å². The third kappa shape index (κ3) is 4.32. The summed E-state index contributed by atoms with van der Waals surface area (Å²) in [5, 5.41) is 2.70. The Morgan fingerprint density at radius 2 is 1.43 bits per heavy atom. The highest BCUT2D eigenvalue weighted by atomic mass is 16.2. The fourth-order valence-corrected chi connectivity index (χ4v) is 2.08. The highest BCUT2D eigenvalue weighted by Crippen LogP contribution is 2.26.